The summed E-state index contributed by atoms with van der Waals surface area (Å²) in [5.74, 6) is 0.629. The second-order valence-corrected chi connectivity index (χ2v) is 9.83. The number of aromatic nitrogens is 3. The first-order valence-electron chi connectivity index (χ1n) is 10.0. The summed E-state index contributed by atoms with van der Waals surface area (Å²) in [6, 6.07) is 11.3. The van der Waals surface area contributed by atoms with Crippen LogP contribution in [0.5, 0.6) is 5.75 Å². The molecule has 1 heterocycles. The Morgan fingerprint density at radius 1 is 1.13 bits per heavy atom. The van der Waals surface area contributed by atoms with E-state index in [0.29, 0.717) is 28.4 Å². The van der Waals surface area contributed by atoms with E-state index in [1.165, 1.54) is 24.7 Å². The van der Waals surface area contributed by atoms with E-state index >= 15 is 0 Å². The van der Waals surface area contributed by atoms with E-state index in [-0.39, 0.29) is 23.6 Å². The molecule has 7 nitrogen and oxygen atoms in total. The third kappa shape index (κ3) is 5.75. The Morgan fingerprint density at radius 3 is 2.71 bits per heavy atom. The maximum atomic E-state index is 13.9. The van der Waals surface area contributed by atoms with E-state index in [1.54, 1.807) is 30.3 Å². The van der Waals surface area contributed by atoms with Crippen LogP contribution < -0.4 is 10.1 Å². The molecule has 0 spiro atoms. The number of hydrogen-bond donors (Lipinski definition) is 1. The van der Waals surface area contributed by atoms with Gasteiger partial charge in [0.25, 0.3) is 0 Å². The normalized spacial score (nSPS) is 14.5. The van der Waals surface area contributed by atoms with E-state index in [9.17, 15) is 12.8 Å². The van der Waals surface area contributed by atoms with Gasteiger partial charge in [-0.15, -0.1) is 0 Å². The van der Waals surface area contributed by atoms with Crippen LogP contribution in [-0.2, 0) is 15.6 Å². The summed E-state index contributed by atoms with van der Waals surface area (Å²) >= 11 is 0. The zero-order chi connectivity index (χ0) is 21.8. The van der Waals surface area contributed by atoms with Crippen LogP contribution in [0.4, 0.5) is 16.0 Å². The van der Waals surface area contributed by atoms with Gasteiger partial charge in [-0.2, -0.15) is 4.98 Å². The van der Waals surface area contributed by atoms with Gasteiger partial charge in [0.15, 0.2) is 15.7 Å². The minimum absolute atomic E-state index is 0.0532. The van der Waals surface area contributed by atoms with Crippen molar-refractivity contribution < 1.29 is 17.5 Å². The summed E-state index contributed by atoms with van der Waals surface area (Å²) in [5.41, 5.74) is 1.90. The molecule has 3 aromatic rings. The lowest BCUT2D eigenvalue weighted by Gasteiger charge is -2.16. The Bertz CT molecular complexity index is 1180. The molecule has 1 saturated carbocycles. The van der Waals surface area contributed by atoms with Crippen LogP contribution in [0, 0.1) is 5.82 Å². The van der Waals surface area contributed by atoms with Crippen molar-refractivity contribution in [2.24, 2.45) is 0 Å². The van der Waals surface area contributed by atoms with Gasteiger partial charge in [-0.25, -0.2) is 22.8 Å². The molecule has 0 aliphatic heterocycles. The monoisotopic (exact) mass is 442 g/mol. The summed E-state index contributed by atoms with van der Waals surface area (Å²) in [5, 5.41) is 3.07. The summed E-state index contributed by atoms with van der Waals surface area (Å²) in [6.07, 6.45) is 6.74. The van der Waals surface area contributed by atoms with Crippen molar-refractivity contribution in [3.8, 4) is 17.1 Å². The number of ether oxygens (including phenoxy) is 1. The smallest absolute Gasteiger partial charge is 0.230 e. The summed E-state index contributed by atoms with van der Waals surface area (Å²) in [6.45, 7) is 0. The van der Waals surface area contributed by atoms with E-state index in [4.69, 9.17) is 4.74 Å². The van der Waals surface area contributed by atoms with Crippen LogP contribution >= 0.6 is 0 Å². The van der Waals surface area contributed by atoms with Crippen LogP contribution in [0.1, 0.15) is 31.2 Å². The van der Waals surface area contributed by atoms with Gasteiger partial charge in [0.05, 0.1) is 17.4 Å². The molecular weight excluding hydrogens is 419 g/mol. The molecule has 1 fully saturated rings. The first kappa shape index (κ1) is 21.2. The lowest BCUT2D eigenvalue weighted by molar-refractivity contribution is 0.210. The Balaban J connectivity index is 1.59. The Kier molecular flexibility index (Phi) is 6.13. The Labute approximate surface area is 180 Å². The van der Waals surface area contributed by atoms with Crippen LogP contribution in [0.3, 0.4) is 0 Å². The number of rotatable bonds is 7. The predicted molar refractivity (Wildman–Crippen MR) is 116 cm³/mol. The minimum Gasteiger partial charge on any atom is -0.490 e. The second kappa shape index (κ2) is 8.97. The lowest BCUT2D eigenvalue weighted by atomic mass is 10.1. The molecule has 0 bridgehead atoms. The molecule has 31 heavy (non-hydrogen) atoms. The van der Waals surface area contributed by atoms with Crippen molar-refractivity contribution in [2.75, 3.05) is 11.6 Å². The van der Waals surface area contributed by atoms with Crippen molar-refractivity contribution >= 4 is 21.5 Å². The molecule has 0 amide bonds. The van der Waals surface area contributed by atoms with Crippen molar-refractivity contribution in [3.05, 3.63) is 60.2 Å². The molecule has 0 atom stereocenters. The Morgan fingerprint density at radius 2 is 1.94 bits per heavy atom. The molecule has 2 aromatic carbocycles. The summed E-state index contributed by atoms with van der Waals surface area (Å²) in [4.78, 5) is 12.8. The fourth-order valence-electron chi connectivity index (χ4n) is 3.62. The zero-order valence-corrected chi connectivity index (χ0v) is 17.9. The zero-order valence-electron chi connectivity index (χ0n) is 17.1. The van der Waals surface area contributed by atoms with Gasteiger partial charge in [-0.3, -0.25) is 0 Å². The number of halogens is 1. The average Bonchev–Trinajstić information content (AvgIpc) is 3.20. The minimum atomic E-state index is -3.14. The largest absolute Gasteiger partial charge is 0.490 e. The van der Waals surface area contributed by atoms with Gasteiger partial charge in [0.2, 0.25) is 5.95 Å². The van der Waals surface area contributed by atoms with Gasteiger partial charge in [0, 0.05) is 18.0 Å². The maximum Gasteiger partial charge on any atom is 0.230 e. The summed E-state index contributed by atoms with van der Waals surface area (Å²) in [7, 11) is -3.14. The fourth-order valence-corrected chi connectivity index (χ4v) is 4.41. The molecule has 162 valence electrons. The molecule has 0 saturated heterocycles. The molecule has 1 aliphatic carbocycles. The van der Waals surface area contributed by atoms with Crippen LogP contribution in [0.2, 0.25) is 0 Å². The van der Waals surface area contributed by atoms with Gasteiger partial charge < -0.3 is 10.1 Å². The fraction of sp³-hybridized carbons (Fsp3) is 0.318. The first-order chi connectivity index (χ1) is 14.9. The molecule has 9 heteroatoms. The van der Waals surface area contributed by atoms with E-state index in [1.807, 2.05) is 0 Å². The highest BCUT2D eigenvalue weighted by molar-refractivity contribution is 7.89. The van der Waals surface area contributed by atoms with Gasteiger partial charge in [-0.05, 0) is 55.5 Å². The maximum absolute atomic E-state index is 13.9. The molecule has 1 aliphatic rings. The number of benzene rings is 2. The Hall–Kier alpha value is -3.07. The summed E-state index contributed by atoms with van der Waals surface area (Å²) < 4.78 is 43.0. The average molecular weight is 443 g/mol. The number of sulfone groups is 1. The molecule has 0 unspecified atom stereocenters. The van der Waals surface area contributed by atoms with E-state index in [2.05, 4.69) is 20.3 Å². The van der Waals surface area contributed by atoms with Crippen LogP contribution in [0.15, 0.2) is 48.8 Å². The molecule has 1 N–H and O–H groups in total. The van der Waals surface area contributed by atoms with Crippen LogP contribution in [0.25, 0.3) is 11.4 Å². The first-order valence-corrected chi connectivity index (χ1v) is 12.1. The van der Waals surface area contributed by atoms with E-state index in [0.717, 1.165) is 25.7 Å². The third-order valence-corrected chi connectivity index (χ3v) is 5.82. The molecular formula is C22H23FN4O3S. The second-order valence-electron chi connectivity index (χ2n) is 7.69. The third-order valence-electron chi connectivity index (χ3n) is 4.96. The van der Waals surface area contributed by atoms with Gasteiger partial charge in [-0.1, -0.05) is 12.1 Å². The molecule has 4 rings (SSSR count). The van der Waals surface area contributed by atoms with Crippen molar-refractivity contribution in [3.63, 3.8) is 0 Å². The standard InChI is InChI=1S/C22H23FN4O3S/c1-31(28,29)13-15-5-4-6-17(11-15)26-22-25-14-24-21(27-22)19-10-9-16(23)12-20(19)30-18-7-2-3-8-18/h4-6,9-12,14,18H,2-3,7-8,13H2,1H3,(H,24,25,26,27). The highest BCUT2D eigenvalue weighted by Gasteiger charge is 2.20. The highest BCUT2D eigenvalue weighted by Crippen LogP contribution is 2.32. The van der Waals surface area contributed by atoms with Gasteiger partial charge >= 0.3 is 0 Å². The van der Waals surface area contributed by atoms with Crippen molar-refractivity contribution in [2.45, 2.75) is 37.5 Å². The van der Waals surface area contributed by atoms with Gasteiger partial charge in [0.1, 0.15) is 17.9 Å². The van der Waals surface area contributed by atoms with E-state index < -0.39 is 9.84 Å². The SMILES string of the molecule is CS(=O)(=O)Cc1cccc(Nc2ncnc(-c3ccc(F)cc3OC3CCCC3)n2)c1. The lowest BCUT2D eigenvalue weighted by Crippen LogP contribution is -2.12. The molecule has 0 radical (unpaired) electrons. The quantitative estimate of drug-likeness (QED) is 0.583. The number of nitrogens with zero attached hydrogens (tertiary/aromatic N) is 3. The highest BCUT2D eigenvalue weighted by atomic mass is 32.2. The van der Waals surface area contributed by atoms with Crippen molar-refractivity contribution in [1.82, 2.24) is 15.0 Å². The number of hydrogen-bond acceptors (Lipinski definition) is 7. The predicted octanol–water partition coefficient (Wildman–Crippen LogP) is 4.29. The van der Waals surface area contributed by atoms with Crippen molar-refractivity contribution in [1.29, 1.82) is 0 Å². The number of nitrogens with one attached hydrogen (secondary N) is 1. The topological polar surface area (TPSA) is 94.1 Å². The number of anilines is 2. The van der Waals surface area contributed by atoms with Crippen LogP contribution in [-0.4, -0.2) is 35.7 Å². The molecule has 1 aromatic heterocycles.